The summed E-state index contributed by atoms with van der Waals surface area (Å²) >= 11 is 7.85. The molecule has 2 atom stereocenters. The van der Waals surface area contributed by atoms with Crippen molar-refractivity contribution in [3.05, 3.63) is 20.6 Å². The normalized spacial score (nSPS) is 27.9. The minimum atomic E-state index is -0.566. The van der Waals surface area contributed by atoms with Crippen molar-refractivity contribution in [2.45, 2.75) is 12.5 Å². The SMILES string of the molecule is CN1CCC2CN(c3cc(I)c(Cl)c(F)n3)CC21. The first kappa shape index (κ1) is 12.9. The topological polar surface area (TPSA) is 19.4 Å². The lowest BCUT2D eigenvalue weighted by Crippen LogP contribution is -2.32. The highest BCUT2D eigenvalue weighted by Crippen LogP contribution is 2.34. The van der Waals surface area contributed by atoms with E-state index >= 15 is 0 Å². The molecule has 0 spiro atoms. The molecule has 3 nitrogen and oxygen atoms in total. The van der Waals surface area contributed by atoms with Gasteiger partial charge in [0.15, 0.2) is 0 Å². The summed E-state index contributed by atoms with van der Waals surface area (Å²) in [6.07, 6.45) is 1.23. The first-order valence-electron chi connectivity index (χ1n) is 6.03. The number of fused-ring (bicyclic) bond motifs is 1. The van der Waals surface area contributed by atoms with Crippen LogP contribution in [0.2, 0.25) is 5.02 Å². The molecule has 0 amide bonds. The zero-order valence-electron chi connectivity index (χ0n) is 10.0. The van der Waals surface area contributed by atoms with E-state index in [1.54, 1.807) is 0 Å². The molecule has 98 valence electrons. The van der Waals surface area contributed by atoms with Gasteiger partial charge < -0.3 is 9.80 Å². The molecule has 3 rings (SSSR count). The lowest BCUT2D eigenvalue weighted by atomic mass is 10.1. The van der Waals surface area contributed by atoms with Gasteiger partial charge in [0.05, 0.1) is 0 Å². The van der Waals surface area contributed by atoms with Crippen LogP contribution in [0.15, 0.2) is 6.07 Å². The number of rotatable bonds is 1. The number of aromatic nitrogens is 1. The first-order chi connectivity index (χ1) is 8.56. The third kappa shape index (κ3) is 2.10. The standard InChI is InChI=1S/C12H14ClFIN3/c1-17-3-2-7-5-18(6-9(7)17)10-4-8(15)11(13)12(14)16-10/h4,7,9H,2-3,5-6H2,1H3. The zero-order chi connectivity index (χ0) is 12.9. The van der Waals surface area contributed by atoms with Crippen LogP contribution in [0.1, 0.15) is 6.42 Å². The van der Waals surface area contributed by atoms with E-state index in [0.717, 1.165) is 16.7 Å². The van der Waals surface area contributed by atoms with E-state index in [0.29, 0.717) is 17.8 Å². The van der Waals surface area contributed by atoms with Gasteiger partial charge in [-0.3, -0.25) is 0 Å². The molecule has 1 aromatic heterocycles. The smallest absolute Gasteiger partial charge is 0.234 e. The molecule has 1 aromatic rings. The Labute approximate surface area is 124 Å². The third-order valence-corrected chi connectivity index (χ3v) is 5.54. The Morgan fingerprint density at radius 3 is 2.94 bits per heavy atom. The van der Waals surface area contributed by atoms with Crippen LogP contribution in [0, 0.1) is 15.4 Å². The van der Waals surface area contributed by atoms with Gasteiger partial charge >= 0.3 is 0 Å². The lowest BCUT2D eigenvalue weighted by molar-refractivity contribution is 0.310. The summed E-state index contributed by atoms with van der Waals surface area (Å²) in [5, 5.41) is 0.121. The minimum absolute atomic E-state index is 0.121. The Hall–Kier alpha value is -0.140. The van der Waals surface area contributed by atoms with Crippen LogP contribution in [0.3, 0.4) is 0 Å². The molecular weight excluding hydrogens is 368 g/mol. The van der Waals surface area contributed by atoms with E-state index < -0.39 is 5.95 Å². The summed E-state index contributed by atoms with van der Waals surface area (Å²) in [7, 11) is 2.16. The minimum Gasteiger partial charge on any atom is -0.355 e. The maximum Gasteiger partial charge on any atom is 0.234 e. The lowest BCUT2D eigenvalue weighted by Gasteiger charge is -2.21. The number of likely N-dealkylation sites (tertiary alicyclic amines) is 1. The van der Waals surface area contributed by atoms with E-state index in [1.165, 1.54) is 13.0 Å². The highest BCUT2D eigenvalue weighted by Gasteiger charge is 2.40. The van der Waals surface area contributed by atoms with Gasteiger partial charge in [-0.05, 0) is 54.6 Å². The van der Waals surface area contributed by atoms with Crippen LogP contribution in [0.5, 0.6) is 0 Å². The van der Waals surface area contributed by atoms with Crippen molar-refractivity contribution in [3.8, 4) is 0 Å². The largest absolute Gasteiger partial charge is 0.355 e. The number of pyridine rings is 1. The molecule has 0 bridgehead atoms. The van der Waals surface area contributed by atoms with Crippen molar-refractivity contribution >= 4 is 40.0 Å². The highest BCUT2D eigenvalue weighted by molar-refractivity contribution is 14.1. The van der Waals surface area contributed by atoms with Crippen molar-refractivity contribution in [3.63, 3.8) is 0 Å². The molecule has 3 heterocycles. The maximum atomic E-state index is 13.6. The Morgan fingerprint density at radius 1 is 1.50 bits per heavy atom. The third-order valence-electron chi connectivity index (χ3n) is 4.01. The van der Waals surface area contributed by atoms with Crippen LogP contribution in [0.4, 0.5) is 10.2 Å². The van der Waals surface area contributed by atoms with Crippen molar-refractivity contribution in [2.24, 2.45) is 5.92 Å². The van der Waals surface area contributed by atoms with Crippen LogP contribution < -0.4 is 4.90 Å². The fraction of sp³-hybridized carbons (Fsp3) is 0.583. The van der Waals surface area contributed by atoms with E-state index in [9.17, 15) is 4.39 Å². The van der Waals surface area contributed by atoms with Gasteiger partial charge in [-0.1, -0.05) is 11.6 Å². The molecule has 2 unspecified atom stereocenters. The quantitative estimate of drug-likeness (QED) is 0.551. The van der Waals surface area contributed by atoms with E-state index in [-0.39, 0.29) is 5.02 Å². The second kappa shape index (κ2) is 4.76. The van der Waals surface area contributed by atoms with Crippen molar-refractivity contribution in [1.29, 1.82) is 0 Å². The molecule has 0 aromatic carbocycles. The Morgan fingerprint density at radius 2 is 2.28 bits per heavy atom. The van der Waals surface area contributed by atoms with Crippen LogP contribution in [-0.2, 0) is 0 Å². The first-order valence-corrected chi connectivity index (χ1v) is 7.48. The predicted molar refractivity (Wildman–Crippen MR) is 78.7 cm³/mol. The summed E-state index contributed by atoms with van der Waals surface area (Å²) < 4.78 is 14.3. The van der Waals surface area contributed by atoms with Gasteiger partial charge in [0, 0.05) is 22.7 Å². The second-order valence-electron chi connectivity index (χ2n) is 5.07. The van der Waals surface area contributed by atoms with Gasteiger partial charge in [-0.15, -0.1) is 0 Å². The van der Waals surface area contributed by atoms with Gasteiger partial charge in [-0.2, -0.15) is 4.39 Å². The number of likely N-dealkylation sites (N-methyl/N-ethyl adjacent to an activating group) is 1. The molecule has 0 aliphatic carbocycles. The van der Waals surface area contributed by atoms with Crippen molar-refractivity contribution in [2.75, 3.05) is 31.6 Å². The highest BCUT2D eigenvalue weighted by atomic mass is 127. The van der Waals surface area contributed by atoms with Crippen LogP contribution in [0.25, 0.3) is 0 Å². The zero-order valence-corrected chi connectivity index (χ0v) is 12.9. The number of hydrogen-bond donors (Lipinski definition) is 0. The summed E-state index contributed by atoms with van der Waals surface area (Å²) in [4.78, 5) is 8.54. The molecule has 2 aliphatic heterocycles. The van der Waals surface area contributed by atoms with Crippen LogP contribution >= 0.6 is 34.2 Å². The van der Waals surface area contributed by atoms with E-state index in [4.69, 9.17) is 11.6 Å². The van der Waals surface area contributed by atoms with Crippen LogP contribution in [-0.4, -0.2) is 42.6 Å². The Balaban J connectivity index is 1.85. The summed E-state index contributed by atoms with van der Waals surface area (Å²) in [5.41, 5.74) is 0. The molecule has 6 heteroatoms. The monoisotopic (exact) mass is 381 g/mol. The molecule has 0 radical (unpaired) electrons. The van der Waals surface area contributed by atoms with Gasteiger partial charge in [0.25, 0.3) is 0 Å². The summed E-state index contributed by atoms with van der Waals surface area (Å²) in [6.45, 7) is 3.08. The molecule has 2 saturated heterocycles. The number of halogens is 3. The number of nitrogens with zero attached hydrogens (tertiary/aromatic N) is 3. The maximum absolute atomic E-state index is 13.6. The Bertz CT molecular complexity index is 461. The Kier molecular flexibility index (Phi) is 3.40. The number of anilines is 1. The molecule has 2 fully saturated rings. The van der Waals surface area contributed by atoms with Gasteiger partial charge in [-0.25, -0.2) is 4.98 Å². The average Bonchev–Trinajstić information content (AvgIpc) is 2.88. The summed E-state index contributed by atoms with van der Waals surface area (Å²) in [5.74, 6) is 0.835. The van der Waals surface area contributed by atoms with Crippen molar-refractivity contribution in [1.82, 2.24) is 9.88 Å². The molecule has 18 heavy (non-hydrogen) atoms. The molecule has 0 N–H and O–H groups in total. The molecule has 0 saturated carbocycles. The summed E-state index contributed by atoms with van der Waals surface area (Å²) in [6, 6.07) is 2.45. The van der Waals surface area contributed by atoms with E-state index in [1.807, 2.05) is 6.07 Å². The van der Waals surface area contributed by atoms with Gasteiger partial charge in [0.2, 0.25) is 5.95 Å². The second-order valence-corrected chi connectivity index (χ2v) is 6.61. The average molecular weight is 382 g/mol. The number of hydrogen-bond acceptors (Lipinski definition) is 3. The van der Waals surface area contributed by atoms with E-state index in [2.05, 4.69) is 44.4 Å². The molecule has 2 aliphatic rings. The fourth-order valence-electron chi connectivity index (χ4n) is 2.98. The van der Waals surface area contributed by atoms with Crippen molar-refractivity contribution < 1.29 is 4.39 Å². The van der Waals surface area contributed by atoms with Gasteiger partial charge in [0.1, 0.15) is 10.8 Å². The predicted octanol–water partition coefficient (Wildman–Crippen LogP) is 2.62. The molecular formula is C12H14ClFIN3. The fourth-order valence-corrected chi connectivity index (χ4v) is 3.58.